The van der Waals surface area contributed by atoms with E-state index in [0.29, 0.717) is 17.5 Å². The highest BCUT2D eigenvalue weighted by Crippen LogP contribution is 2.16. The molecule has 5 heteroatoms. The Morgan fingerprint density at radius 3 is 2.60 bits per heavy atom. The van der Waals surface area contributed by atoms with Gasteiger partial charge in [0, 0.05) is 6.92 Å². The van der Waals surface area contributed by atoms with Crippen LogP contribution in [0.1, 0.15) is 11.8 Å². The molecule has 5 nitrogen and oxygen atoms in total. The van der Waals surface area contributed by atoms with Crippen molar-refractivity contribution in [2.45, 2.75) is 13.5 Å². The van der Waals surface area contributed by atoms with Crippen molar-refractivity contribution in [2.24, 2.45) is 0 Å². The second kappa shape index (κ2) is 4.00. The summed E-state index contributed by atoms with van der Waals surface area (Å²) in [5, 5.41) is 16.5. The smallest absolute Gasteiger partial charge is 0.253 e. The molecule has 0 unspecified atom stereocenters. The zero-order valence-corrected chi connectivity index (χ0v) is 8.17. The molecule has 2 aromatic rings. The molecule has 0 atom stereocenters. The van der Waals surface area contributed by atoms with Crippen molar-refractivity contribution < 1.29 is 14.3 Å². The molecular weight excluding hydrogens is 196 g/mol. The lowest BCUT2D eigenvalue weighted by molar-refractivity contribution is 0.260. The van der Waals surface area contributed by atoms with Crippen LogP contribution in [0.15, 0.2) is 28.7 Å². The van der Waals surface area contributed by atoms with E-state index in [2.05, 4.69) is 10.2 Å². The summed E-state index contributed by atoms with van der Waals surface area (Å²) in [5.41, 5.74) is 0. The van der Waals surface area contributed by atoms with Gasteiger partial charge in [0.2, 0.25) is 5.89 Å². The molecule has 0 aliphatic rings. The van der Waals surface area contributed by atoms with Crippen LogP contribution in [0.4, 0.5) is 0 Å². The number of aromatic hydroxyl groups is 1. The molecular formula is C10H10N2O3. The van der Waals surface area contributed by atoms with Gasteiger partial charge >= 0.3 is 0 Å². The van der Waals surface area contributed by atoms with Crippen molar-refractivity contribution in [1.82, 2.24) is 10.2 Å². The first-order chi connectivity index (χ1) is 7.24. The summed E-state index contributed by atoms with van der Waals surface area (Å²) >= 11 is 0. The molecule has 1 aromatic heterocycles. The van der Waals surface area contributed by atoms with Gasteiger partial charge in [0.25, 0.3) is 5.89 Å². The third-order valence-corrected chi connectivity index (χ3v) is 1.77. The maximum atomic E-state index is 9.05. The van der Waals surface area contributed by atoms with Gasteiger partial charge in [0.05, 0.1) is 0 Å². The van der Waals surface area contributed by atoms with Crippen LogP contribution in [0.3, 0.4) is 0 Å². The van der Waals surface area contributed by atoms with E-state index in [1.165, 1.54) is 0 Å². The minimum atomic E-state index is 0.205. The summed E-state index contributed by atoms with van der Waals surface area (Å²) in [4.78, 5) is 0. The van der Waals surface area contributed by atoms with Gasteiger partial charge in [-0.3, -0.25) is 0 Å². The van der Waals surface area contributed by atoms with Crippen molar-refractivity contribution in [3.8, 4) is 11.5 Å². The van der Waals surface area contributed by atoms with Crippen LogP contribution < -0.4 is 4.74 Å². The summed E-state index contributed by atoms with van der Waals surface area (Å²) < 4.78 is 10.5. The Labute approximate surface area is 86.3 Å². The van der Waals surface area contributed by atoms with E-state index in [1.54, 1.807) is 31.2 Å². The molecule has 0 radical (unpaired) electrons. The lowest BCUT2D eigenvalue weighted by Gasteiger charge is -2.02. The van der Waals surface area contributed by atoms with Gasteiger partial charge in [0.15, 0.2) is 6.61 Å². The van der Waals surface area contributed by atoms with Gasteiger partial charge in [-0.2, -0.15) is 0 Å². The molecule has 0 spiro atoms. The third-order valence-electron chi connectivity index (χ3n) is 1.77. The van der Waals surface area contributed by atoms with Gasteiger partial charge in [-0.25, -0.2) is 0 Å². The first kappa shape index (κ1) is 9.51. The van der Waals surface area contributed by atoms with Crippen molar-refractivity contribution in [3.05, 3.63) is 36.0 Å². The highest BCUT2D eigenvalue weighted by molar-refractivity contribution is 5.30. The number of aromatic nitrogens is 2. The minimum Gasteiger partial charge on any atom is -0.508 e. The number of phenols is 1. The number of aryl methyl sites for hydroxylation is 1. The fourth-order valence-corrected chi connectivity index (χ4v) is 1.08. The van der Waals surface area contributed by atoms with E-state index in [1.807, 2.05) is 0 Å². The second-order valence-electron chi connectivity index (χ2n) is 3.00. The number of nitrogens with zero attached hydrogens (tertiary/aromatic N) is 2. The Bertz CT molecular complexity index is 436. The highest BCUT2D eigenvalue weighted by Gasteiger charge is 2.02. The molecule has 0 aliphatic heterocycles. The quantitative estimate of drug-likeness (QED) is 0.827. The fraction of sp³-hybridized carbons (Fsp3) is 0.200. The van der Waals surface area contributed by atoms with Crippen LogP contribution in [0, 0.1) is 6.92 Å². The molecule has 15 heavy (non-hydrogen) atoms. The van der Waals surface area contributed by atoms with Gasteiger partial charge in [0.1, 0.15) is 11.5 Å². The fourth-order valence-electron chi connectivity index (χ4n) is 1.08. The zero-order valence-electron chi connectivity index (χ0n) is 8.17. The number of rotatable bonds is 3. The van der Waals surface area contributed by atoms with E-state index in [9.17, 15) is 0 Å². The maximum Gasteiger partial charge on any atom is 0.253 e. The molecule has 0 aliphatic carbocycles. The predicted octanol–water partition coefficient (Wildman–Crippen LogP) is 1.66. The van der Waals surface area contributed by atoms with E-state index < -0.39 is 0 Å². The summed E-state index contributed by atoms with van der Waals surface area (Å²) in [7, 11) is 0. The number of benzene rings is 1. The number of hydrogen-bond donors (Lipinski definition) is 1. The van der Waals surface area contributed by atoms with E-state index in [4.69, 9.17) is 14.3 Å². The summed E-state index contributed by atoms with van der Waals surface area (Å²) in [5.74, 6) is 1.79. The van der Waals surface area contributed by atoms with E-state index in [0.717, 1.165) is 0 Å². The largest absolute Gasteiger partial charge is 0.508 e. The first-order valence-corrected chi connectivity index (χ1v) is 4.45. The standard InChI is InChI=1S/C10H10N2O3/c1-7-11-12-10(15-7)6-14-9-4-2-8(13)3-5-9/h2-5,13H,6H2,1H3. The number of phenolic OH excluding ortho intramolecular Hbond substituents is 1. The van der Waals surface area contributed by atoms with Crippen LogP contribution in [-0.4, -0.2) is 15.3 Å². The number of hydrogen-bond acceptors (Lipinski definition) is 5. The van der Waals surface area contributed by atoms with Crippen molar-refractivity contribution in [3.63, 3.8) is 0 Å². The zero-order chi connectivity index (χ0) is 10.7. The summed E-state index contributed by atoms with van der Waals surface area (Å²) in [6.07, 6.45) is 0. The molecule has 0 saturated heterocycles. The first-order valence-electron chi connectivity index (χ1n) is 4.45. The van der Waals surface area contributed by atoms with Crippen molar-refractivity contribution in [1.29, 1.82) is 0 Å². The van der Waals surface area contributed by atoms with Gasteiger partial charge < -0.3 is 14.3 Å². The lowest BCUT2D eigenvalue weighted by Crippen LogP contribution is -1.95. The van der Waals surface area contributed by atoms with Crippen molar-refractivity contribution >= 4 is 0 Å². The van der Waals surface area contributed by atoms with Crippen LogP contribution in [0.25, 0.3) is 0 Å². The Kier molecular flexibility index (Phi) is 2.53. The molecule has 78 valence electrons. The molecule has 1 heterocycles. The molecule has 0 fully saturated rings. The molecule has 0 bridgehead atoms. The van der Waals surface area contributed by atoms with Gasteiger partial charge in [-0.05, 0) is 24.3 Å². The molecule has 1 aromatic carbocycles. The van der Waals surface area contributed by atoms with E-state index >= 15 is 0 Å². The lowest BCUT2D eigenvalue weighted by atomic mass is 10.3. The Hall–Kier alpha value is -2.04. The van der Waals surface area contributed by atoms with Crippen LogP contribution in [-0.2, 0) is 6.61 Å². The maximum absolute atomic E-state index is 9.05. The second-order valence-corrected chi connectivity index (χ2v) is 3.00. The Morgan fingerprint density at radius 2 is 2.00 bits per heavy atom. The number of ether oxygens (including phenoxy) is 1. The van der Waals surface area contributed by atoms with Crippen molar-refractivity contribution in [2.75, 3.05) is 0 Å². The minimum absolute atomic E-state index is 0.205. The molecule has 0 amide bonds. The van der Waals surface area contributed by atoms with Gasteiger partial charge in [-0.1, -0.05) is 0 Å². The monoisotopic (exact) mass is 206 g/mol. The van der Waals surface area contributed by atoms with Crippen LogP contribution in [0.2, 0.25) is 0 Å². The summed E-state index contributed by atoms with van der Waals surface area (Å²) in [6, 6.07) is 6.43. The Morgan fingerprint density at radius 1 is 1.27 bits per heavy atom. The normalized spacial score (nSPS) is 10.2. The summed E-state index contributed by atoms with van der Waals surface area (Å²) in [6.45, 7) is 1.95. The molecule has 1 N–H and O–H groups in total. The SMILES string of the molecule is Cc1nnc(COc2ccc(O)cc2)o1. The van der Waals surface area contributed by atoms with Crippen LogP contribution in [0.5, 0.6) is 11.5 Å². The van der Waals surface area contributed by atoms with E-state index in [-0.39, 0.29) is 12.4 Å². The third kappa shape index (κ3) is 2.46. The average Bonchev–Trinajstić information content (AvgIpc) is 2.64. The predicted molar refractivity (Wildman–Crippen MR) is 51.5 cm³/mol. The highest BCUT2D eigenvalue weighted by atomic mass is 16.5. The van der Waals surface area contributed by atoms with Crippen LogP contribution >= 0.6 is 0 Å². The Balaban J connectivity index is 1.96. The van der Waals surface area contributed by atoms with Gasteiger partial charge in [-0.15, -0.1) is 10.2 Å². The molecule has 2 rings (SSSR count). The topological polar surface area (TPSA) is 68.4 Å². The average molecular weight is 206 g/mol. The molecule has 0 saturated carbocycles.